The van der Waals surface area contributed by atoms with Crippen LogP contribution < -0.4 is 5.32 Å². The van der Waals surface area contributed by atoms with Crippen LogP contribution in [0.5, 0.6) is 0 Å². The van der Waals surface area contributed by atoms with Crippen LogP contribution in [0.2, 0.25) is 0 Å². The maximum atomic E-state index is 3.47. The van der Waals surface area contributed by atoms with Crippen molar-refractivity contribution >= 4 is 0 Å². The Hall–Kier alpha value is -0.860. The number of nitrogens with zero attached hydrogens (tertiary/aromatic N) is 1. The van der Waals surface area contributed by atoms with E-state index in [0.29, 0.717) is 5.92 Å². The van der Waals surface area contributed by atoms with E-state index in [1.807, 2.05) is 0 Å². The lowest BCUT2D eigenvalue weighted by atomic mass is 10.1. The third kappa shape index (κ3) is 5.65. The van der Waals surface area contributed by atoms with Crippen molar-refractivity contribution in [3.63, 3.8) is 0 Å². The molecule has 0 aliphatic heterocycles. The van der Waals surface area contributed by atoms with Gasteiger partial charge in [-0.15, -0.1) is 0 Å². The minimum Gasteiger partial charge on any atom is -0.312 e. The Labute approximate surface area is 112 Å². The number of nitrogens with one attached hydrogen (secondary N) is 1. The van der Waals surface area contributed by atoms with Gasteiger partial charge in [0.25, 0.3) is 0 Å². The molecule has 102 valence electrons. The summed E-state index contributed by atoms with van der Waals surface area (Å²) in [7, 11) is 0. The van der Waals surface area contributed by atoms with Crippen molar-refractivity contribution < 1.29 is 0 Å². The van der Waals surface area contributed by atoms with Crippen LogP contribution in [-0.4, -0.2) is 24.5 Å². The highest BCUT2D eigenvalue weighted by molar-refractivity contribution is 5.22. The summed E-state index contributed by atoms with van der Waals surface area (Å²) in [5.74, 6) is 0.715. The first-order chi connectivity index (χ1) is 8.65. The fraction of sp³-hybridized carbons (Fsp3) is 0.625. The van der Waals surface area contributed by atoms with E-state index in [1.54, 1.807) is 0 Å². The summed E-state index contributed by atoms with van der Waals surface area (Å²) in [5.41, 5.74) is 2.78. The first kappa shape index (κ1) is 15.2. The first-order valence-corrected chi connectivity index (χ1v) is 7.16. The predicted octanol–water partition coefficient (Wildman–Crippen LogP) is 3.27. The molecule has 0 amide bonds. The molecule has 0 fully saturated rings. The molecular weight excluding hydrogens is 220 g/mol. The summed E-state index contributed by atoms with van der Waals surface area (Å²) in [6, 6.07) is 8.99. The van der Waals surface area contributed by atoms with Gasteiger partial charge in [-0.25, -0.2) is 0 Å². The van der Waals surface area contributed by atoms with Crippen molar-refractivity contribution in [2.45, 2.75) is 40.8 Å². The quantitative estimate of drug-likeness (QED) is 0.759. The zero-order valence-corrected chi connectivity index (χ0v) is 12.4. The monoisotopic (exact) mass is 248 g/mol. The molecule has 1 N–H and O–H groups in total. The number of benzene rings is 1. The molecule has 1 rings (SSSR count). The third-order valence-electron chi connectivity index (χ3n) is 3.21. The summed E-state index contributed by atoms with van der Waals surface area (Å²) in [5, 5.41) is 3.47. The Kier molecular flexibility index (Phi) is 6.99. The Balaban J connectivity index is 2.42. The minimum atomic E-state index is 0.715. The molecule has 0 saturated carbocycles. The number of rotatable bonds is 8. The molecule has 0 bridgehead atoms. The third-order valence-corrected chi connectivity index (χ3v) is 3.21. The zero-order chi connectivity index (χ0) is 13.4. The molecule has 0 atom stereocenters. The second kappa shape index (κ2) is 8.28. The molecule has 0 saturated heterocycles. The van der Waals surface area contributed by atoms with Crippen LogP contribution in [0.4, 0.5) is 0 Å². The summed E-state index contributed by atoms with van der Waals surface area (Å²) in [4.78, 5) is 2.44. The van der Waals surface area contributed by atoms with Crippen LogP contribution in [0.1, 0.15) is 38.8 Å². The van der Waals surface area contributed by atoms with E-state index < -0.39 is 0 Å². The van der Waals surface area contributed by atoms with E-state index in [4.69, 9.17) is 0 Å². The largest absolute Gasteiger partial charge is 0.312 e. The van der Waals surface area contributed by atoms with Gasteiger partial charge in [-0.05, 0) is 36.7 Å². The van der Waals surface area contributed by atoms with E-state index in [-0.39, 0.29) is 0 Å². The SMILES string of the molecule is CCN(CC)Cc1ccc(CNCC(C)C)cc1. The van der Waals surface area contributed by atoms with Crippen molar-refractivity contribution in [1.82, 2.24) is 10.2 Å². The predicted molar refractivity (Wildman–Crippen MR) is 79.6 cm³/mol. The van der Waals surface area contributed by atoms with Gasteiger partial charge in [0.1, 0.15) is 0 Å². The zero-order valence-electron chi connectivity index (χ0n) is 12.4. The van der Waals surface area contributed by atoms with Crippen molar-refractivity contribution in [3.8, 4) is 0 Å². The highest BCUT2D eigenvalue weighted by Crippen LogP contribution is 2.07. The summed E-state index contributed by atoms with van der Waals surface area (Å²) >= 11 is 0. The van der Waals surface area contributed by atoms with Gasteiger partial charge < -0.3 is 5.32 Å². The van der Waals surface area contributed by atoms with Gasteiger partial charge in [0.15, 0.2) is 0 Å². The van der Waals surface area contributed by atoms with Crippen LogP contribution in [0, 0.1) is 5.92 Å². The summed E-state index contributed by atoms with van der Waals surface area (Å²) in [6.07, 6.45) is 0. The molecule has 0 aliphatic carbocycles. The van der Waals surface area contributed by atoms with E-state index in [0.717, 1.165) is 32.7 Å². The van der Waals surface area contributed by atoms with Gasteiger partial charge in [-0.3, -0.25) is 4.90 Å². The Morgan fingerprint density at radius 2 is 1.56 bits per heavy atom. The van der Waals surface area contributed by atoms with Gasteiger partial charge in [-0.1, -0.05) is 52.0 Å². The smallest absolute Gasteiger partial charge is 0.0233 e. The van der Waals surface area contributed by atoms with E-state index in [2.05, 4.69) is 62.2 Å². The van der Waals surface area contributed by atoms with Gasteiger partial charge in [0.05, 0.1) is 0 Å². The van der Waals surface area contributed by atoms with Gasteiger partial charge in [-0.2, -0.15) is 0 Å². The molecule has 2 heteroatoms. The van der Waals surface area contributed by atoms with E-state index >= 15 is 0 Å². The van der Waals surface area contributed by atoms with Crippen LogP contribution in [0.25, 0.3) is 0 Å². The Morgan fingerprint density at radius 1 is 1.00 bits per heavy atom. The van der Waals surface area contributed by atoms with E-state index in [9.17, 15) is 0 Å². The van der Waals surface area contributed by atoms with Crippen molar-refractivity contribution in [2.24, 2.45) is 5.92 Å². The lowest BCUT2D eigenvalue weighted by Gasteiger charge is -2.18. The van der Waals surface area contributed by atoms with Crippen molar-refractivity contribution in [1.29, 1.82) is 0 Å². The molecule has 1 aromatic rings. The molecule has 0 aromatic heterocycles. The van der Waals surface area contributed by atoms with Crippen molar-refractivity contribution in [3.05, 3.63) is 35.4 Å². The Morgan fingerprint density at radius 3 is 2.06 bits per heavy atom. The molecule has 1 aromatic carbocycles. The molecular formula is C16H28N2. The molecule has 2 nitrogen and oxygen atoms in total. The fourth-order valence-corrected chi connectivity index (χ4v) is 1.97. The fourth-order valence-electron chi connectivity index (χ4n) is 1.97. The molecule has 18 heavy (non-hydrogen) atoms. The molecule has 0 spiro atoms. The summed E-state index contributed by atoms with van der Waals surface area (Å²) in [6.45, 7) is 14.3. The molecule has 0 heterocycles. The molecule has 0 aliphatic rings. The van der Waals surface area contributed by atoms with Crippen LogP contribution in [-0.2, 0) is 13.1 Å². The van der Waals surface area contributed by atoms with Crippen molar-refractivity contribution in [2.75, 3.05) is 19.6 Å². The average molecular weight is 248 g/mol. The standard InChI is InChI=1S/C16H28N2/c1-5-18(6-2)13-16-9-7-15(8-10-16)12-17-11-14(3)4/h7-10,14,17H,5-6,11-13H2,1-4H3. The molecule has 0 unspecified atom stereocenters. The van der Waals surface area contributed by atoms with Gasteiger partial charge in [0.2, 0.25) is 0 Å². The van der Waals surface area contributed by atoms with E-state index in [1.165, 1.54) is 11.1 Å². The van der Waals surface area contributed by atoms with Crippen LogP contribution in [0.15, 0.2) is 24.3 Å². The summed E-state index contributed by atoms with van der Waals surface area (Å²) < 4.78 is 0. The van der Waals surface area contributed by atoms with Crippen LogP contribution >= 0.6 is 0 Å². The minimum absolute atomic E-state index is 0.715. The maximum Gasteiger partial charge on any atom is 0.0233 e. The topological polar surface area (TPSA) is 15.3 Å². The highest BCUT2D eigenvalue weighted by atomic mass is 15.1. The average Bonchev–Trinajstić information content (AvgIpc) is 2.37. The van der Waals surface area contributed by atoms with Crippen LogP contribution in [0.3, 0.4) is 0 Å². The second-order valence-corrected chi connectivity index (χ2v) is 5.30. The number of hydrogen-bond acceptors (Lipinski definition) is 2. The lowest BCUT2D eigenvalue weighted by Crippen LogP contribution is -2.22. The number of hydrogen-bond donors (Lipinski definition) is 1. The maximum absolute atomic E-state index is 3.47. The normalized spacial score (nSPS) is 11.4. The molecule has 0 radical (unpaired) electrons. The highest BCUT2D eigenvalue weighted by Gasteiger charge is 2.01. The first-order valence-electron chi connectivity index (χ1n) is 7.16. The second-order valence-electron chi connectivity index (χ2n) is 5.30. The van der Waals surface area contributed by atoms with Gasteiger partial charge >= 0.3 is 0 Å². The Bertz CT molecular complexity index is 312. The lowest BCUT2D eigenvalue weighted by molar-refractivity contribution is 0.296. The van der Waals surface area contributed by atoms with Gasteiger partial charge in [0, 0.05) is 13.1 Å².